The number of aromatic nitrogens is 6. The lowest BCUT2D eigenvalue weighted by Gasteiger charge is -2.32. The van der Waals surface area contributed by atoms with E-state index in [9.17, 15) is 10.5 Å². The fourth-order valence-corrected chi connectivity index (χ4v) is 10.8. The summed E-state index contributed by atoms with van der Waals surface area (Å²) in [7, 11) is -0.410. The molecule has 0 radical (unpaired) electrons. The van der Waals surface area contributed by atoms with Gasteiger partial charge in [0, 0.05) is 84.4 Å². The van der Waals surface area contributed by atoms with Gasteiger partial charge in [0.1, 0.15) is 0 Å². The highest BCUT2D eigenvalue weighted by Crippen LogP contribution is 2.38. The minimum Gasteiger partial charge on any atom is -0.399 e. The molecule has 10 aromatic rings. The molecule has 0 unspecified atom stereocenters. The molecule has 0 aliphatic carbocycles. The maximum Gasteiger partial charge on any atom is 0.495 e. The van der Waals surface area contributed by atoms with Gasteiger partial charge in [-0.25, -0.2) is 19.0 Å². The Bertz CT molecular complexity index is 3790. The van der Waals surface area contributed by atoms with Crippen molar-refractivity contribution in [1.82, 2.24) is 29.2 Å². The Hall–Kier alpha value is -7.88. The Morgan fingerprint density at radius 2 is 0.947 bits per heavy atom. The van der Waals surface area contributed by atoms with E-state index in [-0.39, 0.29) is 11.2 Å². The monoisotopic (exact) mass is 1060 g/mol. The molecule has 0 spiro atoms. The minimum atomic E-state index is -0.410. The second-order valence-electron chi connectivity index (χ2n) is 20.7. The molecule has 0 atom stereocenters. The lowest BCUT2D eigenvalue weighted by atomic mass is 9.75. The first-order valence-electron chi connectivity index (χ1n) is 26.2. The average Bonchev–Trinajstić information content (AvgIpc) is 4.13. The lowest BCUT2D eigenvalue weighted by Crippen LogP contribution is -2.41. The van der Waals surface area contributed by atoms with E-state index in [1.807, 2.05) is 136 Å². The van der Waals surface area contributed by atoms with Crippen LogP contribution in [-0.4, -0.2) is 73.7 Å². The van der Waals surface area contributed by atoms with E-state index >= 15 is 0 Å². The highest BCUT2D eigenvalue weighted by atomic mass is 79.9. The molecule has 0 saturated carbocycles. The zero-order valence-corrected chi connectivity index (χ0v) is 44.9. The van der Waals surface area contributed by atoms with Crippen molar-refractivity contribution < 1.29 is 9.31 Å². The highest BCUT2D eigenvalue weighted by Gasteiger charge is 2.52. The summed E-state index contributed by atoms with van der Waals surface area (Å²) < 4.78 is 16.8. The second kappa shape index (κ2) is 21.4. The van der Waals surface area contributed by atoms with Gasteiger partial charge in [-0.3, -0.25) is 0 Å². The van der Waals surface area contributed by atoms with Crippen molar-refractivity contribution in [3.8, 4) is 45.5 Å². The molecule has 3 aliphatic heterocycles. The van der Waals surface area contributed by atoms with Crippen LogP contribution in [0.15, 0.2) is 163 Å². The first kappa shape index (κ1) is 50.3. The van der Waals surface area contributed by atoms with Crippen LogP contribution in [0.5, 0.6) is 0 Å². The molecule has 3 fully saturated rings. The Morgan fingerprint density at radius 1 is 0.487 bits per heavy atom. The summed E-state index contributed by atoms with van der Waals surface area (Å²) in [6, 6.07) is 45.6. The Morgan fingerprint density at radius 3 is 1.49 bits per heavy atom. The molecule has 3 aliphatic rings. The van der Waals surface area contributed by atoms with Crippen molar-refractivity contribution in [2.45, 2.75) is 77.4 Å². The molecular weight excluding hydrogens is 1010 g/mol. The highest BCUT2D eigenvalue weighted by molar-refractivity contribution is 9.10. The van der Waals surface area contributed by atoms with Crippen LogP contribution < -0.4 is 15.3 Å². The van der Waals surface area contributed by atoms with Crippen molar-refractivity contribution in [2.24, 2.45) is 0 Å². The van der Waals surface area contributed by atoms with Crippen LogP contribution in [-0.2, 0) is 9.31 Å². The Kier molecular flexibility index (Phi) is 14.2. The molecule has 0 amide bonds. The van der Waals surface area contributed by atoms with E-state index < -0.39 is 7.12 Å². The zero-order valence-electron chi connectivity index (χ0n) is 43.3. The molecule has 14 heteroatoms. The second-order valence-corrected chi connectivity index (χ2v) is 21.6. The van der Waals surface area contributed by atoms with Gasteiger partial charge in [0.15, 0.2) is 11.3 Å². The van der Waals surface area contributed by atoms with Gasteiger partial charge >= 0.3 is 7.12 Å². The maximum absolute atomic E-state index is 9.48. The number of nitriles is 2. The summed E-state index contributed by atoms with van der Waals surface area (Å²) in [5, 5.41) is 31.5. The number of hydrogen-bond acceptors (Lipinski definition) is 10. The number of rotatable bonds is 6. The fourth-order valence-electron chi connectivity index (χ4n) is 10.5. The summed E-state index contributed by atoms with van der Waals surface area (Å²) in [5.41, 5.74) is 12.2. The molecular formula is C62H58BBrN10O2. The first-order chi connectivity index (χ1) is 37.0. The van der Waals surface area contributed by atoms with Crippen molar-refractivity contribution >= 4 is 72.7 Å². The Labute approximate surface area is 452 Å². The minimum absolute atomic E-state index is 0.368. The van der Waals surface area contributed by atoms with E-state index in [4.69, 9.17) is 14.3 Å². The molecule has 13 rings (SSSR count). The van der Waals surface area contributed by atoms with Crippen LogP contribution in [0.2, 0.25) is 0 Å². The average molecular weight is 1070 g/mol. The summed E-state index contributed by atoms with van der Waals surface area (Å²) in [5.74, 6) is 0. The standard InChI is InChI=1S/C28H23N5.C17H18BNO2.C17H17BrN4/c29-16-21-10-13-26(25-7-3-2-6-24(21)25)27-18-31-33-19-22(17-30-28(27)33)20-8-11-23(12-9-20)32-14-4-1-5-15-32;1-16(2)17(3,4)21-18(20-16)15-10-9-12(11-19)13-7-5-6-8-14(13)15;18-16-11-20-22-12-14(10-19-17(16)22)13-4-6-15(7-5-13)21-8-2-1-3-9-21/h2-3,6-13,17-19H,1,4-5,14-15H2;5-10H,1-4H3;4-7,10-12H,1-3,8-9H2. The number of halogens is 1. The van der Waals surface area contributed by atoms with Gasteiger partial charge in [0.05, 0.1) is 51.3 Å². The molecule has 4 aromatic heterocycles. The van der Waals surface area contributed by atoms with E-state index in [2.05, 4.69) is 102 Å². The normalized spacial score (nSPS) is 16.0. The van der Waals surface area contributed by atoms with Crippen LogP contribution in [0.3, 0.4) is 0 Å². The Balaban J connectivity index is 0.000000126. The van der Waals surface area contributed by atoms with Crippen LogP contribution in [0.25, 0.3) is 66.2 Å². The van der Waals surface area contributed by atoms with Crippen molar-refractivity contribution in [2.75, 3.05) is 36.0 Å². The van der Waals surface area contributed by atoms with Gasteiger partial charge in [0.2, 0.25) is 0 Å². The van der Waals surface area contributed by atoms with Crippen LogP contribution in [0.4, 0.5) is 11.4 Å². The van der Waals surface area contributed by atoms with E-state index in [0.717, 1.165) is 83.7 Å². The molecule has 76 heavy (non-hydrogen) atoms. The number of anilines is 2. The van der Waals surface area contributed by atoms with Gasteiger partial charge in [-0.05, 0) is 157 Å². The maximum atomic E-state index is 9.48. The smallest absolute Gasteiger partial charge is 0.399 e. The summed E-state index contributed by atoms with van der Waals surface area (Å²) in [6.45, 7) is 12.8. The zero-order chi connectivity index (χ0) is 52.4. The van der Waals surface area contributed by atoms with Gasteiger partial charge in [-0.1, -0.05) is 84.9 Å². The molecule has 12 nitrogen and oxygen atoms in total. The molecule has 6 aromatic carbocycles. The third-order valence-corrected chi connectivity index (χ3v) is 16.0. The molecule has 0 bridgehead atoms. The lowest BCUT2D eigenvalue weighted by molar-refractivity contribution is 0.00578. The van der Waals surface area contributed by atoms with Gasteiger partial charge in [-0.15, -0.1) is 0 Å². The van der Waals surface area contributed by atoms with Crippen molar-refractivity contribution in [3.05, 3.63) is 174 Å². The summed E-state index contributed by atoms with van der Waals surface area (Å²) >= 11 is 3.45. The number of nitrogens with zero attached hydrogens (tertiary/aromatic N) is 10. The molecule has 378 valence electrons. The van der Waals surface area contributed by atoms with Crippen LogP contribution in [0, 0.1) is 22.7 Å². The first-order valence-corrected chi connectivity index (χ1v) is 27.0. The van der Waals surface area contributed by atoms with Gasteiger partial charge < -0.3 is 19.1 Å². The van der Waals surface area contributed by atoms with E-state index in [1.165, 1.54) is 68.6 Å². The molecule has 0 N–H and O–H groups in total. The number of hydrogen-bond donors (Lipinski definition) is 0. The SMILES string of the molecule is Brc1cnn2cc(-c3ccc(N4CCCCC4)cc3)cnc12.CC1(C)OB(c2ccc(C#N)c3ccccc23)OC1(C)C.N#Cc1ccc(-c2cnn3cc(-c4ccc(N5CCCCC5)cc4)cnc23)c2ccccc12. The number of benzene rings is 6. The number of fused-ring (bicyclic) bond motifs is 4. The third-order valence-electron chi connectivity index (χ3n) is 15.4. The van der Waals surface area contributed by atoms with Gasteiger partial charge in [-0.2, -0.15) is 20.7 Å². The topological polar surface area (TPSA) is 133 Å². The molecule has 3 saturated heterocycles. The van der Waals surface area contributed by atoms with Crippen molar-refractivity contribution in [1.29, 1.82) is 10.5 Å². The number of piperidine rings is 2. The van der Waals surface area contributed by atoms with Crippen molar-refractivity contribution in [3.63, 3.8) is 0 Å². The molecule has 7 heterocycles. The summed E-state index contributed by atoms with van der Waals surface area (Å²) in [6.07, 6.45) is 19.4. The fraction of sp³-hybridized carbons (Fsp3) is 0.258. The predicted octanol–water partition coefficient (Wildman–Crippen LogP) is 13.2. The largest absolute Gasteiger partial charge is 0.495 e. The van der Waals surface area contributed by atoms with Crippen LogP contribution >= 0.6 is 15.9 Å². The quantitative estimate of drug-likeness (QED) is 0.148. The predicted molar refractivity (Wildman–Crippen MR) is 309 cm³/mol. The van der Waals surface area contributed by atoms with E-state index in [0.29, 0.717) is 11.1 Å². The van der Waals surface area contributed by atoms with Gasteiger partial charge in [0.25, 0.3) is 0 Å². The van der Waals surface area contributed by atoms with Crippen LogP contribution in [0.1, 0.15) is 77.3 Å². The van der Waals surface area contributed by atoms with E-state index in [1.54, 1.807) is 10.7 Å². The summed E-state index contributed by atoms with van der Waals surface area (Å²) in [4.78, 5) is 14.2. The third kappa shape index (κ3) is 10.0.